The molecule has 2 aromatic rings. The Kier molecular flexibility index (Phi) is 6.38. The highest BCUT2D eigenvalue weighted by Gasteiger charge is 2.30. The van der Waals surface area contributed by atoms with Crippen LogP contribution in [-0.2, 0) is 4.79 Å². The minimum absolute atomic E-state index is 0.0289. The van der Waals surface area contributed by atoms with Crippen LogP contribution in [-0.4, -0.2) is 28.9 Å². The maximum absolute atomic E-state index is 12.3. The molecule has 0 spiro atoms. The molecule has 28 heavy (non-hydrogen) atoms. The van der Waals surface area contributed by atoms with Crippen molar-refractivity contribution < 1.29 is 4.79 Å². The number of benzene rings is 1. The standard InChI is InChI=1S/C23H22Cl2N2O/c1-4-22(28)27-13-15(2)20(12-16(3)24)21(14-27)18-9-6-5-8-17(18)19-10-7-11-26-23(19)25/h4-12,21H,1,13-14H2,2-3H3/b16-12+/t21-/m0/s1. The number of pyridine rings is 1. The van der Waals surface area contributed by atoms with Crippen LogP contribution in [0.2, 0.25) is 5.15 Å². The Hall–Kier alpha value is -2.36. The van der Waals surface area contributed by atoms with Crippen molar-refractivity contribution in [1.82, 2.24) is 9.88 Å². The molecule has 0 aliphatic carbocycles. The third-order valence-electron chi connectivity index (χ3n) is 4.93. The van der Waals surface area contributed by atoms with Gasteiger partial charge in [-0.3, -0.25) is 4.79 Å². The summed E-state index contributed by atoms with van der Waals surface area (Å²) in [7, 11) is 0. The lowest BCUT2D eigenvalue weighted by atomic mass is 9.81. The summed E-state index contributed by atoms with van der Waals surface area (Å²) in [4.78, 5) is 18.4. The van der Waals surface area contributed by atoms with Crippen molar-refractivity contribution >= 4 is 29.1 Å². The SMILES string of the molecule is C=CC(=O)N1CC(C)=C(/C=C(\C)Cl)[C@H](c2ccccc2-c2cccnc2Cl)C1. The predicted octanol–water partition coefficient (Wildman–Crippen LogP) is 5.97. The molecule has 0 saturated heterocycles. The minimum Gasteiger partial charge on any atom is -0.334 e. The number of hydrogen-bond acceptors (Lipinski definition) is 2. The molecule has 1 aliphatic rings. The van der Waals surface area contributed by atoms with Gasteiger partial charge in [0.1, 0.15) is 5.15 Å². The Morgan fingerprint density at radius 3 is 2.64 bits per heavy atom. The largest absolute Gasteiger partial charge is 0.334 e. The molecule has 1 aromatic heterocycles. The van der Waals surface area contributed by atoms with Crippen LogP contribution >= 0.6 is 23.2 Å². The van der Waals surface area contributed by atoms with Crippen LogP contribution in [0.3, 0.4) is 0 Å². The molecule has 2 heterocycles. The zero-order chi connectivity index (χ0) is 20.3. The van der Waals surface area contributed by atoms with Gasteiger partial charge in [-0.25, -0.2) is 4.98 Å². The van der Waals surface area contributed by atoms with E-state index in [9.17, 15) is 4.79 Å². The zero-order valence-electron chi connectivity index (χ0n) is 16.0. The summed E-state index contributed by atoms with van der Waals surface area (Å²) in [5.74, 6) is -0.106. The van der Waals surface area contributed by atoms with E-state index in [1.54, 1.807) is 6.20 Å². The number of carbonyl (C=O) groups is 1. The van der Waals surface area contributed by atoms with E-state index in [2.05, 4.69) is 17.6 Å². The Labute approximate surface area is 176 Å². The highest BCUT2D eigenvalue weighted by Crippen LogP contribution is 2.40. The molecule has 144 valence electrons. The van der Waals surface area contributed by atoms with E-state index in [1.807, 2.05) is 55.2 Å². The lowest BCUT2D eigenvalue weighted by Gasteiger charge is -2.35. The van der Waals surface area contributed by atoms with Crippen molar-refractivity contribution in [2.75, 3.05) is 13.1 Å². The molecule has 1 aromatic carbocycles. The molecule has 3 rings (SSSR count). The number of rotatable bonds is 4. The summed E-state index contributed by atoms with van der Waals surface area (Å²) in [6, 6.07) is 11.9. The quantitative estimate of drug-likeness (QED) is 0.457. The van der Waals surface area contributed by atoms with E-state index >= 15 is 0 Å². The second kappa shape index (κ2) is 8.76. The van der Waals surface area contributed by atoms with Gasteiger partial charge in [0.15, 0.2) is 0 Å². The van der Waals surface area contributed by atoms with Gasteiger partial charge in [0.2, 0.25) is 5.91 Å². The van der Waals surface area contributed by atoms with Crippen LogP contribution < -0.4 is 0 Å². The molecule has 3 nitrogen and oxygen atoms in total. The summed E-state index contributed by atoms with van der Waals surface area (Å²) in [6.45, 7) is 8.66. The van der Waals surface area contributed by atoms with E-state index in [0.29, 0.717) is 23.3 Å². The van der Waals surface area contributed by atoms with Crippen molar-refractivity contribution in [3.8, 4) is 11.1 Å². The number of halogens is 2. The van der Waals surface area contributed by atoms with Crippen LogP contribution in [0.4, 0.5) is 0 Å². The third-order valence-corrected chi connectivity index (χ3v) is 5.34. The Morgan fingerprint density at radius 2 is 1.96 bits per heavy atom. The van der Waals surface area contributed by atoms with Gasteiger partial charge in [-0.15, -0.1) is 0 Å². The van der Waals surface area contributed by atoms with Gasteiger partial charge in [-0.2, -0.15) is 0 Å². The lowest BCUT2D eigenvalue weighted by molar-refractivity contribution is -0.126. The van der Waals surface area contributed by atoms with E-state index in [0.717, 1.165) is 27.8 Å². The fraction of sp³-hybridized carbons (Fsp3) is 0.217. The van der Waals surface area contributed by atoms with Crippen molar-refractivity contribution in [1.29, 1.82) is 0 Å². The monoisotopic (exact) mass is 412 g/mol. The smallest absolute Gasteiger partial charge is 0.246 e. The fourth-order valence-corrected chi connectivity index (χ4v) is 4.03. The first-order valence-electron chi connectivity index (χ1n) is 9.07. The average Bonchev–Trinajstić information content (AvgIpc) is 2.69. The molecule has 1 amide bonds. The predicted molar refractivity (Wildman–Crippen MR) is 117 cm³/mol. The first-order valence-corrected chi connectivity index (χ1v) is 9.82. The topological polar surface area (TPSA) is 33.2 Å². The Bertz CT molecular complexity index is 974. The van der Waals surface area contributed by atoms with E-state index in [1.165, 1.54) is 6.08 Å². The Balaban J connectivity index is 2.18. The highest BCUT2D eigenvalue weighted by atomic mass is 35.5. The number of aromatic nitrogens is 1. The van der Waals surface area contributed by atoms with Gasteiger partial charge in [0.05, 0.1) is 0 Å². The van der Waals surface area contributed by atoms with Gasteiger partial charge in [0.25, 0.3) is 0 Å². The first-order chi connectivity index (χ1) is 13.4. The zero-order valence-corrected chi connectivity index (χ0v) is 17.5. The van der Waals surface area contributed by atoms with Crippen molar-refractivity contribution in [2.24, 2.45) is 0 Å². The summed E-state index contributed by atoms with van der Waals surface area (Å²) >= 11 is 12.6. The second-order valence-electron chi connectivity index (χ2n) is 6.87. The summed E-state index contributed by atoms with van der Waals surface area (Å²) < 4.78 is 0. The maximum atomic E-state index is 12.3. The number of nitrogens with zero attached hydrogens (tertiary/aromatic N) is 2. The molecular formula is C23H22Cl2N2O. The van der Waals surface area contributed by atoms with E-state index in [-0.39, 0.29) is 11.8 Å². The molecule has 0 unspecified atom stereocenters. The van der Waals surface area contributed by atoms with Crippen molar-refractivity contribution in [3.05, 3.63) is 88.2 Å². The molecule has 0 bridgehead atoms. The normalized spacial score (nSPS) is 17.6. The van der Waals surface area contributed by atoms with Gasteiger partial charge in [0, 0.05) is 35.8 Å². The van der Waals surface area contributed by atoms with E-state index in [4.69, 9.17) is 23.2 Å². The van der Waals surface area contributed by atoms with Gasteiger partial charge in [-0.05, 0) is 54.8 Å². The Morgan fingerprint density at radius 1 is 1.25 bits per heavy atom. The number of allylic oxidation sites excluding steroid dienone is 2. The second-order valence-corrected chi connectivity index (χ2v) is 7.83. The summed E-state index contributed by atoms with van der Waals surface area (Å²) in [5, 5.41) is 1.16. The first kappa shape index (κ1) is 20.4. The molecule has 0 fully saturated rings. The minimum atomic E-state index is -0.0770. The third kappa shape index (κ3) is 4.21. The van der Waals surface area contributed by atoms with E-state index < -0.39 is 0 Å². The molecule has 0 radical (unpaired) electrons. The van der Waals surface area contributed by atoms with Gasteiger partial charge >= 0.3 is 0 Å². The molecule has 5 heteroatoms. The lowest BCUT2D eigenvalue weighted by Crippen LogP contribution is -2.39. The number of hydrogen-bond donors (Lipinski definition) is 0. The van der Waals surface area contributed by atoms with Crippen LogP contribution in [0.15, 0.2) is 77.5 Å². The molecular weight excluding hydrogens is 391 g/mol. The average molecular weight is 413 g/mol. The highest BCUT2D eigenvalue weighted by molar-refractivity contribution is 6.32. The summed E-state index contributed by atoms with van der Waals surface area (Å²) in [5.41, 5.74) is 5.20. The number of amides is 1. The fourth-order valence-electron chi connectivity index (χ4n) is 3.69. The van der Waals surface area contributed by atoms with Crippen LogP contribution in [0, 0.1) is 0 Å². The van der Waals surface area contributed by atoms with Crippen molar-refractivity contribution in [3.63, 3.8) is 0 Å². The maximum Gasteiger partial charge on any atom is 0.246 e. The molecule has 1 atom stereocenters. The molecule has 0 N–H and O–H groups in total. The van der Waals surface area contributed by atoms with Crippen LogP contribution in [0.5, 0.6) is 0 Å². The number of carbonyl (C=O) groups excluding carboxylic acids is 1. The summed E-state index contributed by atoms with van der Waals surface area (Å²) in [6.07, 6.45) is 5.04. The van der Waals surface area contributed by atoms with Crippen molar-refractivity contribution in [2.45, 2.75) is 19.8 Å². The van der Waals surface area contributed by atoms with Crippen LogP contribution in [0.1, 0.15) is 25.3 Å². The molecule has 1 aliphatic heterocycles. The van der Waals surface area contributed by atoms with Crippen LogP contribution in [0.25, 0.3) is 11.1 Å². The van der Waals surface area contributed by atoms with Gasteiger partial charge < -0.3 is 4.90 Å². The van der Waals surface area contributed by atoms with Gasteiger partial charge in [-0.1, -0.05) is 59.6 Å². The molecule has 0 saturated carbocycles.